The summed E-state index contributed by atoms with van der Waals surface area (Å²) in [7, 11) is 0. The second-order valence-corrected chi connectivity index (χ2v) is 6.81. The van der Waals surface area contributed by atoms with Gasteiger partial charge in [0.2, 0.25) is 0 Å². The molecule has 28 heavy (non-hydrogen) atoms. The second kappa shape index (κ2) is 7.19. The Bertz CT molecular complexity index is 966. The molecule has 1 aliphatic rings. The van der Waals surface area contributed by atoms with Gasteiger partial charge in [-0.3, -0.25) is 0 Å². The van der Waals surface area contributed by atoms with Crippen molar-refractivity contribution in [1.82, 2.24) is 0 Å². The van der Waals surface area contributed by atoms with Crippen LogP contribution in [0, 0.1) is 6.92 Å². The minimum atomic E-state index is -1.34. The van der Waals surface area contributed by atoms with Crippen molar-refractivity contribution >= 4 is 23.6 Å². The summed E-state index contributed by atoms with van der Waals surface area (Å²) in [6, 6.07) is 12.5. The first kappa shape index (κ1) is 19.2. The monoisotopic (exact) mass is 381 g/mol. The topological polar surface area (TPSA) is 102 Å². The van der Waals surface area contributed by atoms with Crippen LogP contribution in [0.5, 0.6) is 0 Å². The smallest absolute Gasteiger partial charge is 0.350 e. The first-order valence-corrected chi connectivity index (χ1v) is 8.54. The Kier molecular flexibility index (Phi) is 4.92. The van der Waals surface area contributed by atoms with E-state index in [0.717, 1.165) is 22.9 Å². The van der Waals surface area contributed by atoms with Gasteiger partial charge in [-0.05, 0) is 30.2 Å². The zero-order chi connectivity index (χ0) is 20.5. The van der Waals surface area contributed by atoms with Crippen LogP contribution in [-0.2, 0) is 19.1 Å². The number of carbonyl (C=O) groups excluding carboxylic acids is 2. The van der Waals surface area contributed by atoms with Gasteiger partial charge in [0.15, 0.2) is 5.57 Å². The summed E-state index contributed by atoms with van der Waals surface area (Å²) in [6.45, 7) is 4.86. The van der Waals surface area contributed by atoms with Gasteiger partial charge >= 0.3 is 17.9 Å². The zero-order valence-corrected chi connectivity index (χ0v) is 15.6. The third-order valence-corrected chi connectivity index (χ3v) is 4.12. The molecule has 2 N–H and O–H groups in total. The highest BCUT2D eigenvalue weighted by molar-refractivity contribution is 6.15. The predicted octanol–water partition coefficient (Wildman–Crippen LogP) is 3.49. The van der Waals surface area contributed by atoms with Crippen molar-refractivity contribution in [3.05, 3.63) is 65.4 Å². The molecular weight excluding hydrogens is 362 g/mol. The number of anilines is 1. The van der Waals surface area contributed by atoms with Crippen LogP contribution in [-0.4, -0.2) is 28.8 Å². The Morgan fingerprint density at radius 2 is 1.57 bits per heavy atom. The molecule has 7 heteroatoms. The lowest BCUT2D eigenvalue weighted by molar-refractivity contribution is -0.222. The summed E-state index contributed by atoms with van der Waals surface area (Å²) in [5, 5.41) is 12.2. The van der Waals surface area contributed by atoms with Gasteiger partial charge < -0.3 is 19.9 Å². The number of carboxylic acids is 1. The largest absolute Gasteiger partial charge is 0.478 e. The quantitative estimate of drug-likeness (QED) is 0.475. The molecule has 0 aliphatic carbocycles. The van der Waals surface area contributed by atoms with E-state index in [2.05, 4.69) is 5.32 Å². The fourth-order valence-electron chi connectivity index (χ4n) is 2.70. The van der Waals surface area contributed by atoms with Gasteiger partial charge in [0.25, 0.3) is 5.79 Å². The van der Waals surface area contributed by atoms with E-state index in [1.807, 2.05) is 31.2 Å². The van der Waals surface area contributed by atoms with Crippen LogP contribution in [0.1, 0.15) is 29.8 Å². The van der Waals surface area contributed by atoms with E-state index in [9.17, 15) is 19.5 Å². The molecule has 0 spiro atoms. The Hall–Kier alpha value is -3.61. The van der Waals surface area contributed by atoms with Gasteiger partial charge in [-0.15, -0.1) is 0 Å². The molecule has 0 aromatic heterocycles. The molecule has 1 aliphatic heterocycles. The maximum Gasteiger partial charge on any atom is 0.350 e. The van der Waals surface area contributed by atoms with Gasteiger partial charge in [0.05, 0.1) is 11.3 Å². The molecule has 0 radical (unpaired) electrons. The summed E-state index contributed by atoms with van der Waals surface area (Å²) in [5.74, 6) is -4.18. The van der Waals surface area contributed by atoms with E-state index in [4.69, 9.17) is 9.47 Å². The number of carboxylic acid groups (broad SMARTS) is 1. The first-order chi connectivity index (χ1) is 13.2. The van der Waals surface area contributed by atoms with E-state index in [1.54, 1.807) is 12.1 Å². The van der Waals surface area contributed by atoms with Crippen LogP contribution in [0.15, 0.2) is 54.2 Å². The van der Waals surface area contributed by atoms with E-state index >= 15 is 0 Å². The highest BCUT2D eigenvalue weighted by Crippen LogP contribution is 2.27. The number of aryl methyl sites for hydroxylation is 1. The van der Waals surface area contributed by atoms with Crippen LogP contribution < -0.4 is 5.32 Å². The molecule has 0 amide bonds. The van der Waals surface area contributed by atoms with Crippen LogP contribution in [0.25, 0.3) is 11.1 Å². The maximum absolute atomic E-state index is 12.0. The van der Waals surface area contributed by atoms with Crippen molar-refractivity contribution < 1.29 is 29.0 Å². The number of hydrogen-bond acceptors (Lipinski definition) is 6. The third-order valence-electron chi connectivity index (χ3n) is 4.12. The molecule has 2 aromatic carbocycles. The molecular formula is C21H19NO6. The van der Waals surface area contributed by atoms with Crippen LogP contribution in [0.3, 0.4) is 0 Å². The Morgan fingerprint density at radius 1 is 1.00 bits per heavy atom. The van der Waals surface area contributed by atoms with Gasteiger partial charge in [0.1, 0.15) is 0 Å². The Morgan fingerprint density at radius 3 is 2.14 bits per heavy atom. The normalized spacial score (nSPS) is 15.5. The SMILES string of the molecule is Cc1ccc(-c2ccc(NC=C3C(=O)OC(C)(C)OC3=O)c(C(=O)O)c2)cc1. The maximum atomic E-state index is 12.0. The van der Waals surface area contributed by atoms with E-state index < -0.39 is 23.7 Å². The molecule has 1 fully saturated rings. The molecule has 3 rings (SSSR count). The number of cyclic esters (lactones) is 2. The van der Waals surface area contributed by atoms with Crippen molar-refractivity contribution in [1.29, 1.82) is 0 Å². The molecule has 0 saturated carbocycles. The predicted molar refractivity (Wildman–Crippen MR) is 102 cm³/mol. The molecule has 0 atom stereocenters. The van der Waals surface area contributed by atoms with Gasteiger partial charge in [0, 0.05) is 20.0 Å². The van der Waals surface area contributed by atoms with E-state index in [0.29, 0.717) is 0 Å². The van der Waals surface area contributed by atoms with Gasteiger partial charge in [-0.2, -0.15) is 0 Å². The molecule has 0 bridgehead atoms. The standard InChI is InChI=1S/C21H19NO6/c1-12-4-6-13(7-5-12)14-8-9-17(15(10-14)18(23)24)22-11-16-19(25)27-21(2,3)28-20(16)26/h4-11,22H,1-3H3,(H,23,24). The van der Waals surface area contributed by atoms with Gasteiger partial charge in [-0.25, -0.2) is 14.4 Å². The minimum absolute atomic E-state index is 0.00667. The third kappa shape index (κ3) is 4.03. The molecule has 1 heterocycles. The average molecular weight is 381 g/mol. The van der Waals surface area contributed by atoms with Crippen molar-refractivity contribution in [3.8, 4) is 11.1 Å². The van der Waals surface area contributed by atoms with Crippen molar-refractivity contribution in [3.63, 3.8) is 0 Å². The highest BCUT2D eigenvalue weighted by atomic mass is 16.7. The van der Waals surface area contributed by atoms with Crippen LogP contribution >= 0.6 is 0 Å². The number of nitrogens with one attached hydrogen (secondary N) is 1. The summed E-state index contributed by atoms with van der Waals surface area (Å²) < 4.78 is 10.0. The lowest BCUT2D eigenvalue weighted by atomic mass is 10.0. The Labute approximate surface area is 161 Å². The summed E-state index contributed by atoms with van der Waals surface area (Å²) in [5.41, 5.74) is 2.57. The zero-order valence-electron chi connectivity index (χ0n) is 15.6. The molecule has 7 nitrogen and oxygen atoms in total. The Balaban J connectivity index is 1.90. The molecule has 0 unspecified atom stereocenters. The number of aromatic carboxylic acids is 1. The lowest BCUT2D eigenvalue weighted by Crippen LogP contribution is -2.42. The van der Waals surface area contributed by atoms with Crippen LogP contribution in [0.2, 0.25) is 0 Å². The first-order valence-electron chi connectivity index (χ1n) is 8.54. The number of benzene rings is 2. The molecule has 1 saturated heterocycles. The summed E-state index contributed by atoms with van der Waals surface area (Å²) >= 11 is 0. The summed E-state index contributed by atoms with van der Waals surface area (Å²) in [6.07, 6.45) is 1.09. The van der Waals surface area contributed by atoms with E-state index in [-0.39, 0.29) is 16.8 Å². The number of rotatable bonds is 4. The second-order valence-electron chi connectivity index (χ2n) is 6.81. The van der Waals surface area contributed by atoms with Crippen LogP contribution in [0.4, 0.5) is 5.69 Å². The fourth-order valence-corrected chi connectivity index (χ4v) is 2.70. The summed E-state index contributed by atoms with van der Waals surface area (Å²) in [4.78, 5) is 35.6. The number of carbonyl (C=O) groups is 3. The van der Waals surface area contributed by atoms with Crippen molar-refractivity contribution in [2.45, 2.75) is 26.6 Å². The van der Waals surface area contributed by atoms with Crippen molar-refractivity contribution in [2.75, 3.05) is 5.32 Å². The number of esters is 2. The average Bonchev–Trinajstić information content (AvgIpc) is 2.60. The lowest BCUT2D eigenvalue weighted by Gasteiger charge is -2.29. The number of hydrogen-bond donors (Lipinski definition) is 2. The fraction of sp³-hybridized carbons (Fsp3) is 0.190. The highest BCUT2D eigenvalue weighted by Gasteiger charge is 2.39. The van der Waals surface area contributed by atoms with Gasteiger partial charge in [-0.1, -0.05) is 35.9 Å². The minimum Gasteiger partial charge on any atom is -0.478 e. The van der Waals surface area contributed by atoms with Crippen molar-refractivity contribution in [2.24, 2.45) is 0 Å². The molecule has 2 aromatic rings. The van der Waals surface area contributed by atoms with E-state index in [1.165, 1.54) is 19.9 Å². The molecule has 144 valence electrons. The number of ether oxygens (including phenoxy) is 2.